The number of likely N-dealkylation sites (N-methyl/N-ethyl adjacent to an activating group) is 1. The molecule has 0 aliphatic carbocycles. The van der Waals surface area contributed by atoms with Gasteiger partial charge in [-0.3, -0.25) is 9.69 Å². The van der Waals surface area contributed by atoms with E-state index in [9.17, 15) is 4.79 Å². The minimum atomic E-state index is 0.252. The first-order chi connectivity index (χ1) is 9.56. The van der Waals surface area contributed by atoms with Crippen LogP contribution in [0, 0.1) is 11.8 Å². The largest absolute Gasteiger partial charge is 0.338 e. The van der Waals surface area contributed by atoms with Gasteiger partial charge >= 0.3 is 0 Å². The molecule has 2 saturated heterocycles. The molecule has 4 nitrogen and oxygen atoms in total. The molecule has 114 valence electrons. The first-order valence-corrected chi connectivity index (χ1v) is 7.93. The van der Waals surface area contributed by atoms with E-state index in [1.165, 1.54) is 0 Å². The number of rotatable bonds is 6. The first-order valence-electron chi connectivity index (χ1n) is 7.93. The van der Waals surface area contributed by atoms with E-state index in [1.807, 2.05) is 18.7 Å². The molecule has 20 heavy (non-hydrogen) atoms. The third kappa shape index (κ3) is 3.23. The van der Waals surface area contributed by atoms with Crippen molar-refractivity contribution < 1.29 is 4.79 Å². The Morgan fingerprint density at radius 1 is 1.40 bits per heavy atom. The van der Waals surface area contributed by atoms with Crippen LogP contribution >= 0.6 is 0 Å². The number of nitrogens with zero attached hydrogens (tertiary/aromatic N) is 2. The van der Waals surface area contributed by atoms with Crippen molar-refractivity contribution >= 4 is 5.91 Å². The van der Waals surface area contributed by atoms with Crippen LogP contribution in [-0.4, -0.2) is 61.0 Å². The fraction of sp³-hybridized carbons (Fsp3) is 0.812. The summed E-state index contributed by atoms with van der Waals surface area (Å²) in [4.78, 5) is 16.8. The predicted octanol–water partition coefficient (Wildman–Crippen LogP) is 1.34. The number of carbonyl (C=O) groups is 1. The minimum Gasteiger partial charge on any atom is -0.338 e. The molecule has 0 spiro atoms. The number of amides is 1. The van der Waals surface area contributed by atoms with Crippen molar-refractivity contribution in [2.24, 2.45) is 11.8 Å². The third-order valence-electron chi connectivity index (χ3n) is 4.78. The number of likely N-dealkylation sites (tertiary alicyclic amines) is 1. The van der Waals surface area contributed by atoms with Gasteiger partial charge in [0.2, 0.25) is 5.91 Å². The first kappa shape index (κ1) is 15.5. The van der Waals surface area contributed by atoms with Crippen LogP contribution in [-0.2, 0) is 4.79 Å². The Morgan fingerprint density at radius 3 is 2.75 bits per heavy atom. The van der Waals surface area contributed by atoms with Crippen LogP contribution in [0.25, 0.3) is 0 Å². The van der Waals surface area contributed by atoms with Crippen molar-refractivity contribution in [3.05, 3.63) is 12.2 Å². The SMILES string of the molecule is C=C(C)CN(CC)C(=O)CN1CC2CNCC2C1CC. The van der Waals surface area contributed by atoms with Crippen LogP contribution in [0.15, 0.2) is 12.2 Å². The lowest BCUT2D eigenvalue weighted by atomic mass is 9.93. The molecule has 0 radical (unpaired) electrons. The molecular formula is C16H29N3O. The van der Waals surface area contributed by atoms with Crippen molar-refractivity contribution in [2.45, 2.75) is 33.2 Å². The standard InChI is InChI=1S/C16H29N3O/c1-5-15-14-8-17-7-13(14)10-19(15)11-16(20)18(6-2)9-12(3)4/h13-15,17H,3,5-11H2,1-2,4H3. The van der Waals surface area contributed by atoms with Gasteiger partial charge in [-0.25, -0.2) is 0 Å². The molecule has 2 heterocycles. The van der Waals surface area contributed by atoms with E-state index in [2.05, 4.69) is 23.7 Å². The van der Waals surface area contributed by atoms with Gasteiger partial charge in [-0.2, -0.15) is 0 Å². The van der Waals surface area contributed by atoms with E-state index < -0.39 is 0 Å². The molecule has 3 unspecified atom stereocenters. The topological polar surface area (TPSA) is 35.6 Å². The molecule has 0 aromatic heterocycles. The normalized spacial score (nSPS) is 29.4. The van der Waals surface area contributed by atoms with E-state index >= 15 is 0 Å². The summed E-state index contributed by atoms with van der Waals surface area (Å²) in [6.45, 7) is 15.5. The number of nitrogens with one attached hydrogen (secondary N) is 1. The summed E-state index contributed by atoms with van der Waals surface area (Å²) in [5, 5.41) is 3.49. The minimum absolute atomic E-state index is 0.252. The molecule has 4 heteroatoms. The van der Waals surface area contributed by atoms with Gasteiger partial charge in [-0.05, 0) is 45.2 Å². The van der Waals surface area contributed by atoms with Crippen molar-refractivity contribution in [3.8, 4) is 0 Å². The van der Waals surface area contributed by atoms with Crippen molar-refractivity contribution in [2.75, 3.05) is 39.3 Å². The zero-order chi connectivity index (χ0) is 14.7. The average molecular weight is 279 g/mol. The highest BCUT2D eigenvalue weighted by molar-refractivity contribution is 5.78. The van der Waals surface area contributed by atoms with E-state index in [1.54, 1.807) is 0 Å². The Hall–Kier alpha value is -0.870. The van der Waals surface area contributed by atoms with Crippen LogP contribution in [0.2, 0.25) is 0 Å². The molecule has 2 aliphatic rings. The molecule has 2 aliphatic heterocycles. The summed E-state index contributed by atoms with van der Waals surface area (Å²) in [6, 6.07) is 0.572. The Morgan fingerprint density at radius 2 is 2.15 bits per heavy atom. The maximum atomic E-state index is 12.5. The Bertz CT molecular complexity index is 369. The van der Waals surface area contributed by atoms with E-state index in [-0.39, 0.29) is 5.91 Å². The Balaban J connectivity index is 1.95. The second-order valence-electron chi connectivity index (χ2n) is 6.35. The van der Waals surface area contributed by atoms with Crippen LogP contribution < -0.4 is 5.32 Å². The van der Waals surface area contributed by atoms with E-state index in [4.69, 9.17) is 0 Å². The molecule has 0 aromatic carbocycles. The summed E-state index contributed by atoms with van der Waals surface area (Å²) in [5.74, 6) is 1.73. The van der Waals surface area contributed by atoms with Gasteiger partial charge in [-0.1, -0.05) is 19.1 Å². The fourth-order valence-electron chi connectivity index (χ4n) is 3.83. The molecule has 2 fully saturated rings. The summed E-state index contributed by atoms with van der Waals surface area (Å²) < 4.78 is 0. The second-order valence-corrected chi connectivity index (χ2v) is 6.35. The Labute approximate surface area is 123 Å². The number of hydrogen-bond donors (Lipinski definition) is 1. The Kier molecular flexibility index (Phi) is 5.22. The highest BCUT2D eigenvalue weighted by atomic mass is 16.2. The zero-order valence-corrected chi connectivity index (χ0v) is 13.2. The smallest absolute Gasteiger partial charge is 0.237 e. The molecule has 0 aromatic rings. The molecule has 1 amide bonds. The number of fused-ring (bicyclic) bond motifs is 1. The number of hydrogen-bond acceptors (Lipinski definition) is 3. The summed E-state index contributed by atoms with van der Waals surface area (Å²) in [6.07, 6.45) is 1.14. The van der Waals surface area contributed by atoms with Crippen LogP contribution in [0.5, 0.6) is 0 Å². The predicted molar refractivity (Wildman–Crippen MR) is 82.6 cm³/mol. The van der Waals surface area contributed by atoms with Crippen molar-refractivity contribution in [3.63, 3.8) is 0 Å². The molecule has 2 rings (SSSR count). The van der Waals surface area contributed by atoms with Crippen LogP contribution in [0.3, 0.4) is 0 Å². The van der Waals surface area contributed by atoms with E-state index in [0.717, 1.165) is 50.0 Å². The van der Waals surface area contributed by atoms with Gasteiger partial charge in [0.05, 0.1) is 6.54 Å². The van der Waals surface area contributed by atoms with Crippen LogP contribution in [0.4, 0.5) is 0 Å². The molecule has 0 saturated carbocycles. The molecular weight excluding hydrogens is 250 g/mol. The number of carbonyl (C=O) groups excluding carboxylic acids is 1. The van der Waals surface area contributed by atoms with Gasteiger partial charge in [0.1, 0.15) is 0 Å². The average Bonchev–Trinajstić information content (AvgIpc) is 2.95. The second kappa shape index (κ2) is 6.72. The third-order valence-corrected chi connectivity index (χ3v) is 4.78. The van der Waals surface area contributed by atoms with E-state index in [0.29, 0.717) is 19.1 Å². The molecule has 3 atom stereocenters. The molecule has 0 bridgehead atoms. The monoisotopic (exact) mass is 279 g/mol. The highest BCUT2D eigenvalue weighted by Crippen LogP contribution is 2.33. The highest BCUT2D eigenvalue weighted by Gasteiger charge is 2.43. The van der Waals surface area contributed by atoms with Crippen LogP contribution in [0.1, 0.15) is 27.2 Å². The van der Waals surface area contributed by atoms with Gasteiger partial charge in [0, 0.05) is 25.7 Å². The van der Waals surface area contributed by atoms with Gasteiger partial charge in [-0.15, -0.1) is 0 Å². The lowest BCUT2D eigenvalue weighted by molar-refractivity contribution is -0.132. The van der Waals surface area contributed by atoms with Gasteiger partial charge in [0.15, 0.2) is 0 Å². The van der Waals surface area contributed by atoms with Crippen molar-refractivity contribution in [1.29, 1.82) is 0 Å². The lowest BCUT2D eigenvalue weighted by Gasteiger charge is -2.29. The summed E-state index contributed by atoms with van der Waals surface area (Å²) in [7, 11) is 0. The maximum absolute atomic E-state index is 12.5. The van der Waals surface area contributed by atoms with Gasteiger partial charge < -0.3 is 10.2 Å². The molecule has 1 N–H and O–H groups in total. The van der Waals surface area contributed by atoms with Crippen molar-refractivity contribution in [1.82, 2.24) is 15.1 Å². The van der Waals surface area contributed by atoms with Gasteiger partial charge in [0.25, 0.3) is 0 Å². The maximum Gasteiger partial charge on any atom is 0.237 e. The summed E-state index contributed by atoms with van der Waals surface area (Å²) in [5.41, 5.74) is 1.05. The fourth-order valence-corrected chi connectivity index (χ4v) is 3.83. The quantitative estimate of drug-likeness (QED) is 0.745. The lowest BCUT2D eigenvalue weighted by Crippen LogP contribution is -2.44. The summed E-state index contributed by atoms with van der Waals surface area (Å²) >= 11 is 0. The zero-order valence-electron chi connectivity index (χ0n) is 13.2.